The van der Waals surface area contributed by atoms with Gasteiger partial charge in [-0.2, -0.15) is 0 Å². The molecule has 0 saturated heterocycles. The van der Waals surface area contributed by atoms with Crippen molar-refractivity contribution in [3.8, 4) is 0 Å². The lowest BCUT2D eigenvalue weighted by molar-refractivity contribution is -2.00. The summed E-state index contributed by atoms with van der Waals surface area (Å²) in [5, 5.41) is 3.81. The highest BCUT2D eigenvalue weighted by atomic mass is 35.7. The number of rotatable bonds is 6. The highest BCUT2D eigenvalue weighted by Gasteiger charge is 2.47. The van der Waals surface area contributed by atoms with Crippen LogP contribution in [0.1, 0.15) is 13.3 Å². The highest BCUT2D eigenvalue weighted by Crippen LogP contribution is 2.56. The second kappa shape index (κ2) is 10.6. The first kappa shape index (κ1) is 22.5. The fourth-order valence-electron chi connectivity index (χ4n) is 2.81. The Morgan fingerprint density at radius 3 is 1.18 bits per heavy atom. The van der Waals surface area contributed by atoms with E-state index >= 15 is 0 Å². The summed E-state index contributed by atoms with van der Waals surface area (Å²) in [5.41, 5.74) is 0. The molecule has 3 rings (SSSR count). The molecule has 3 aromatic carbocycles. The largest absolute Gasteiger partial charge is 0.242 e. The molecular formula is C21H22ClO5P. The molecule has 0 heterocycles. The van der Waals surface area contributed by atoms with Crippen molar-refractivity contribution in [3.05, 3.63) is 91.0 Å². The number of benzene rings is 3. The normalized spacial score (nSPS) is 11.5. The van der Waals surface area contributed by atoms with E-state index in [0.29, 0.717) is 0 Å². The van der Waals surface area contributed by atoms with E-state index in [1.165, 1.54) is 15.9 Å². The van der Waals surface area contributed by atoms with Crippen molar-refractivity contribution in [2.45, 2.75) is 13.3 Å². The van der Waals surface area contributed by atoms with Gasteiger partial charge in [0.15, 0.2) is 0 Å². The first-order valence-corrected chi connectivity index (χ1v) is 11.6. The Morgan fingerprint density at radius 1 is 0.643 bits per heavy atom. The summed E-state index contributed by atoms with van der Waals surface area (Å²) in [6.45, 7) is 2.92. The summed E-state index contributed by atoms with van der Waals surface area (Å²) in [4.78, 5) is 0. The fourth-order valence-corrected chi connectivity index (χ4v) is 6.39. The predicted octanol–water partition coefficient (Wildman–Crippen LogP) is -0.434. The van der Waals surface area contributed by atoms with Gasteiger partial charge in [-0.05, 0) is 42.8 Å². The molecule has 148 valence electrons. The lowest BCUT2D eigenvalue weighted by Gasteiger charge is -2.25. The van der Waals surface area contributed by atoms with Crippen LogP contribution in [0.3, 0.4) is 0 Å². The van der Waals surface area contributed by atoms with Gasteiger partial charge in [0.2, 0.25) is 7.49 Å². The fraction of sp³-hybridized carbons (Fsp3) is 0.143. The summed E-state index contributed by atoms with van der Waals surface area (Å²) in [6, 6.07) is 32.0. The van der Waals surface area contributed by atoms with Crippen molar-refractivity contribution >= 4 is 23.4 Å². The van der Waals surface area contributed by atoms with Crippen LogP contribution >= 0.6 is 7.49 Å². The zero-order chi connectivity index (χ0) is 20.5. The molecule has 0 aromatic heterocycles. The molecular weight excluding hydrogens is 399 g/mol. The Bertz CT molecular complexity index is 708. The monoisotopic (exact) mass is 420 g/mol. The minimum absolute atomic E-state index is 0.756. The van der Waals surface area contributed by atoms with E-state index in [0.717, 1.165) is 13.0 Å². The Morgan fingerprint density at radius 2 is 0.929 bits per heavy atom. The molecule has 0 N–H and O–H groups in total. The summed E-state index contributed by atoms with van der Waals surface area (Å²) in [5.74, 6) is 0. The molecule has 0 fully saturated rings. The molecule has 28 heavy (non-hydrogen) atoms. The van der Waals surface area contributed by atoms with Crippen LogP contribution in [0.15, 0.2) is 91.0 Å². The van der Waals surface area contributed by atoms with Crippen LogP contribution in [-0.2, 0) is 4.52 Å². The van der Waals surface area contributed by atoms with E-state index in [1.807, 2.05) is 0 Å². The summed E-state index contributed by atoms with van der Waals surface area (Å²) >= 11 is 0. The maximum atomic E-state index is 8.49. The van der Waals surface area contributed by atoms with Gasteiger partial charge in [-0.3, -0.25) is 0 Å². The van der Waals surface area contributed by atoms with Gasteiger partial charge in [0, 0.05) is 0 Å². The summed E-state index contributed by atoms with van der Waals surface area (Å²) in [7, 11) is -7.01. The number of hydrogen-bond acceptors (Lipinski definition) is 5. The maximum Gasteiger partial charge on any atom is 0.242 e. The molecule has 0 aliphatic heterocycles. The maximum absolute atomic E-state index is 8.49. The van der Waals surface area contributed by atoms with Crippen LogP contribution in [0.5, 0.6) is 0 Å². The topological polar surface area (TPSA) is 101 Å². The third-order valence-corrected chi connectivity index (χ3v) is 7.49. The SMILES string of the molecule is CCCO[P+](c1ccccc1)(c1ccccc1)c1ccccc1.[O-][Cl+3]([O-])([O-])[O-]. The van der Waals surface area contributed by atoms with Crippen LogP contribution in [0.4, 0.5) is 0 Å². The molecule has 5 nitrogen and oxygen atoms in total. The second-order valence-corrected chi connectivity index (χ2v) is 9.61. The minimum Gasteiger partial charge on any atom is -0.222 e. The van der Waals surface area contributed by atoms with Crippen LogP contribution in [0.25, 0.3) is 0 Å². The van der Waals surface area contributed by atoms with Crippen molar-refractivity contribution in [3.63, 3.8) is 0 Å². The minimum atomic E-state index is -4.94. The van der Waals surface area contributed by atoms with Crippen LogP contribution in [0, 0.1) is 10.2 Å². The van der Waals surface area contributed by atoms with Gasteiger partial charge < -0.3 is 0 Å². The molecule has 7 heteroatoms. The molecule has 0 bridgehead atoms. The third-order valence-electron chi connectivity index (χ3n) is 3.85. The molecule has 0 radical (unpaired) electrons. The molecule has 0 unspecified atom stereocenters. The number of hydrogen-bond donors (Lipinski definition) is 0. The first-order chi connectivity index (χ1) is 13.4. The predicted molar refractivity (Wildman–Crippen MR) is 101 cm³/mol. The van der Waals surface area contributed by atoms with Gasteiger partial charge >= 0.3 is 0 Å². The van der Waals surface area contributed by atoms with Gasteiger partial charge in [0.05, 0.1) is 6.61 Å². The second-order valence-electron chi connectivity index (χ2n) is 5.83. The molecule has 0 aliphatic rings. The van der Waals surface area contributed by atoms with Crippen LogP contribution in [-0.4, -0.2) is 6.61 Å². The van der Waals surface area contributed by atoms with Gasteiger partial charge in [0.25, 0.3) is 0 Å². The van der Waals surface area contributed by atoms with E-state index in [9.17, 15) is 0 Å². The zero-order valence-corrected chi connectivity index (χ0v) is 17.1. The van der Waals surface area contributed by atoms with E-state index in [4.69, 9.17) is 23.2 Å². The standard InChI is InChI=1S/C21H22OP.ClHO4/c1-2-18-22-23(19-12-6-3-7-13-19,20-14-8-4-9-15-20)21-16-10-5-11-17-21;2-1(3,4)5/h3-17H,2,18H2,1H3;(H,2,3,4,5)/q+1;/p-1. The lowest BCUT2D eigenvalue weighted by atomic mass is 10.4. The van der Waals surface area contributed by atoms with E-state index < -0.39 is 17.7 Å². The average molecular weight is 421 g/mol. The quantitative estimate of drug-likeness (QED) is 0.503. The van der Waals surface area contributed by atoms with Crippen LogP contribution in [0.2, 0.25) is 0 Å². The van der Waals surface area contributed by atoms with Gasteiger partial charge in [-0.25, -0.2) is 23.2 Å². The highest BCUT2D eigenvalue weighted by molar-refractivity contribution is 7.91. The molecule has 0 aliphatic carbocycles. The van der Waals surface area contributed by atoms with Crippen molar-refractivity contribution in [1.82, 2.24) is 0 Å². The summed E-state index contributed by atoms with van der Waals surface area (Å²) in [6.07, 6.45) is 1.01. The lowest BCUT2D eigenvalue weighted by Crippen LogP contribution is -2.68. The Balaban J connectivity index is 0.000000500. The van der Waals surface area contributed by atoms with E-state index in [-0.39, 0.29) is 0 Å². The summed E-state index contributed by atoms with van der Waals surface area (Å²) < 4.78 is 40.6. The first-order valence-electron chi connectivity index (χ1n) is 8.70. The Hall–Kier alpha value is -1.82. The third kappa shape index (κ3) is 6.36. The van der Waals surface area contributed by atoms with Crippen molar-refractivity contribution < 1.29 is 33.4 Å². The van der Waals surface area contributed by atoms with Gasteiger partial charge in [-0.1, -0.05) is 61.5 Å². The van der Waals surface area contributed by atoms with E-state index in [2.05, 4.69) is 97.9 Å². The molecule has 0 saturated carbocycles. The van der Waals surface area contributed by atoms with E-state index in [1.54, 1.807) is 0 Å². The van der Waals surface area contributed by atoms with Crippen molar-refractivity contribution in [1.29, 1.82) is 0 Å². The molecule has 0 amide bonds. The Kier molecular flexibility index (Phi) is 8.55. The molecule has 3 aromatic rings. The van der Waals surface area contributed by atoms with Crippen molar-refractivity contribution in [2.75, 3.05) is 6.61 Å². The smallest absolute Gasteiger partial charge is 0.222 e. The average Bonchev–Trinajstić information content (AvgIpc) is 2.70. The molecule has 0 atom stereocenters. The molecule has 0 spiro atoms. The zero-order valence-electron chi connectivity index (χ0n) is 15.4. The number of halogens is 1. The van der Waals surface area contributed by atoms with Crippen molar-refractivity contribution in [2.24, 2.45) is 0 Å². The van der Waals surface area contributed by atoms with Crippen LogP contribution < -0.4 is 34.5 Å². The van der Waals surface area contributed by atoms with Gasteiger partial charge in [-0.15, -0.1) is 10.2 Å². The van der Waals surface area contributed by atoms with Gasteiger partial charge in [0.1, 0.15) is 15.9 Å². The Labute approximate surface area is 168 Å².